The molecule has 0 aromatic heterocycles. The predicted molar refractivity (Wildman–Crippen MR) is 284 cm³/mol. The van der Waals surface area contributed by atoms with Gasteiger partial charge >= 0.3 is 17.9 Å². The van der Waals surface area contributed by atoms with Crippen molar-refractivity contribution in [3.8, 4) is 0 Å². The molecule has 0 radical (unpaired) electrons. The monoisotopic (exact) mass is 921 g/mol. The molecule has 0 amide bonds. The van der Waals surface area contributed by atoms with Crippen LogP contribution in [0.5, 0.6) is 0 Å². The molecule has 1 atom stereocenters. The Morgan fingerprint density at radius 1 is 0.318 bits per heavy atom. The van der Waals surface area contributed by atoms with Crippen molar-refractivity contribution in [1.82, 2.24) is 0 Å². The third kappa shape index (κ3) is 51.8. The van der Waals surface area contributed by atoms with Gasteiger partial charge < -0.3 is 14.2 Å². The maximum Gasteiger partial charge on any atom is 0.306 e. The van der Waals surface area contributed by atoms with Crippen LogP contribution in [0.1, 0.15) is 271 Å². The minimum atomic E-state index is -0.802. The van der Waals surface area contributed by atoms with Gasteiger partial charge in [-0.25, -0.2) is 0 Å². The molecule has 0 unspecified atom stereocenters. The van der Waals surface area contributed by atoms with Gasteiger partial charge in [0.05, 0.1) is 0 Å². The molecule has 380 valence electrons. The number of esters is 3. The van der Waals surface area contributed by atoms with Gasteiger partial charge in [0, 0.05) is 19.3 Å². The maximum atomic E-state index is 12.8. The van der Waals surface area contributed by atoms with E-state index in [1.165, 1.54) is 148 Å². The van der Waals surface area contributed by atoms with E-state index in [0.717, 1.165) is 77.0 Å². The van der Waals surface area contributed by atoms with E-state index in [9.17, 15) is 14.4 Å². The van der Waals surface area contributed by atoms with Crippen molar-refractivity contribution in [2.75, 3.05) is 13.2 Å². The second kappa shape index (κ2) is 54.5. The Kier molecular flexibility index (Phi) is 51.9. The maximum absolute atomic E-state index is 12.8. The summed E-state index contributed by atoms with van der Waals surface area (Å²) in [7, 11) is 0. The first-order valence-electron chi connectivity index (χ1n) is 27.9. The number of rotatable bonds is 50. The van der Waals surface area contributed by atoms with E-state index in [0.29, 0.717) is 19.3 Å². The number of hydrogen-bond acceptors (Lipinski definition) is 6. The summed E-state index contributed by atoms with van der Waals surface area (Å²) >= 11 is 0. The molecule has 0 heterocycles. The number of carbonyl (C=O) groups excluding carboxylic acids is 3. The number of hydrogen-bond donors (Lipinski definition) is 0. The van der Waals surface area contributed by atoms with Gasteiger partial charge in [0.1, 0.15) is 13.2 Å². The molecule has 0 aromatic carbocycles. The molecular formula is C60H104O6. The Hall–Kier alpha value is -3.15. The number of ether oxygens (including phenoxy) is 3. The van der Waals surface area contributed by atoms with Crippen LogP contribution in [-0.2, 0) is 28.6 Å². The van der Waals surface area contributed by atoms with Gasteiger partial charge in [-0.1, -0.05) is 267 Å². The van der Waals surface area contributed by atoms with E-state index in [4.69, 9.17) is 14.2 Å². The quantitative estimate of drug-likeness (QED) is 0.0262. The zero-order valence-corrected chi connectivity index (χ0v) is 43.4. The van der Waals surface area contributed by atoms with Gasteiger partial charge in [-0.05, 0) is 57.8 Å². The Bertz CT molecular complexity index is 1240. The number of unbranched alkanes of at least 4 members (excludes halogenated alkanes) is 27. The Morgan fingerprint density at radius 3 is 0.924 bits per heavy atom. The molecule has 0 spiro atoms. The summed E-state index contributed by atoms with van der Waals surface area (Å²) < 4.78 is 16.8. The summed E-state index contributed by atoms with van der Waals surface area (Å²) in [4.78, 5) is 38.0. The fourth-order valence-corrected chi connectivity index (χ4v) is 7.82. The summed E-state index contributed by atoms with van der Waals surface area (Å²) in [5.41, 5.74) is 0. The van der Waals surface area contributed by atoms with Gasteiger partial charge in [0.15, 0.2) is 6.10 Å². The smallest absolute Gasteiger partial charge is 0.306 e. The Morgan fingerprint density at radius 2 is 0.591 bits per heavy atom. The lowest BCUT2D eigenvalue weighted by Gasteiger charge is -2.18. The molecule has 66 heavy (non-hydrogen) atoms. The molecule has 0 bridgehead atoms. The first-order valence-corrected chi connectivity index (χ1v) is 27.9. The standard InChI is InChI=1S/C60H104O6/c1-4-7-10-13-16-19-22-24-26-28-30-32-34-36-38-41-44-47-50-53-59(62)65-56-57(55-64-58(61)52-49-46-43-40-21-18-15-12-9-6-3)66-60(63)54-51-48-45-42-39-37-35-33-31-29-27-25-23-20-17-14-11-8-5-2/h7,10,16,19,24,26,30,32,36,38,44,47,57H,4-6,8-9,11-15,17-18,20-23,25,27-29,31,33-35,37,39-43,45-46,48-56H2,1-3H3/b10-7-,19-16-,26-24-,32-30-,38-36-,47-44-/t57-/m1/s1. The van der Waals surface area contributed by atoms with E-state index in [1.54, 1.807) is 0 Å². The van der Waals surface area contributed by atoms with E-state index in [1.807, 2.05) is 6.08 Å². The van der Waals surface area contributed by atoms with Gasteiger partial charge in [0.2, 0.25) is 0 Å². The topological polar surface area (TPSA) is 78.9 Å². The van der Waals surface area contributed by atoms with Crippen molar-refractivity contribution in [1.29, 1.82) is 0 Å². The van der Waals surface area contributed by atoms with Gasteiger partial charge in [0.25, 0.3) is 0 Å². The second-order valence-corrected chi connectivity index (χ2v) is 18.5. The minimum absolute atomic E-state index is 0.0953. The van der Waals surface area contributed by atoms with Crippen LogP contribution < -0.4 is 0 Å². The summed E-state index contributed by atoms with van der Waals surface area (Å²) in [6.45, 7) is 6.47. The third-order valence-electron chi connectivity index (χ3n) is 12.0. The molecule has 0 aliphatic carbocycles. The van der Waals surface area contributed by atoms with Gasteiger partial charge in [-0.2, -0.15) is 0 Å². The molecule has 0 rings (SSSR count). The fourth-order valence-electron chi connectivity index (χ4n) is 7.82. The van der Waals surface area contributed by atoms with Crippen LogP contribution in [0.4, 0.5) is 0 Å². The highest BCUT2D eigenvalue weighted by Gasteiger charge is 2.19. The molecule has 0 saturated heterocycles. The van der Waals surface area contributed by atoms with Crippen LogP contribution in [0.3, 0.4) is 0 Å². The molecule has 0 aliphatic rings. The third-order valence-corrected chi connectivity index (χ3v) is 12.0. The zero-order chi connectivity index (χ0) is 47.9. The van der Waals surface area contributed by atoms with Crippen LogP contribution in [0, 0.1) is 0 Å². The van der Waals surface area contributed by atoms with Crippen molar-refractivity contribution in [2.24, 2.45) is 0 Å². The van der Waals surface area contributed by atoms with Gasteiger partial charge in [-0.3, -0.25) is 14.4 Å². The van der Waals surface area contributed by atoms with E-state index < -0.39 is 6.10 Å². The number of carbonyl (C=O) groups is 3. The summed E-state index contributed by atoms with van der Waals surface area (Å²) in [6.07, 6.45) is 69.1. The van der Waals surface area contributed by atoms with Crippen molar-refractivity contribution in [2.45, 2.75) is 277 Å². The first kappa shape index (κ1) is 62.8. The van der Waals surface area contributed by atoms with Crippen LogP contribution >= 0.6 is 0 Å². The molecule has 6 nitrogen and oxygen atoms in total. The van der Waals surface area contributed by atoms with Crippen molar-refractivity contribution < 1.29 is 28.6 Å². The molecule has 0 saturated carbocycles. The summed E-state index contributed by atoms with van der Waals surface area (Å²) in [5, 5.41) is 0. The Balaban J connectivity index is 4.40. The number of allylic oxidation sites excluding steroid dienone is 12. The fraction of sp³-hybridized carbons (Fsp3) is 0.750. The van der Waals surface area contributed by atoms with Crippen LogP contribution in [-0.4, -0.2) is 37.2 Å². The van der Waals surface area contributed by atoms with E-state index >= 15 is 0 Å². The van der Waals surface area contributed by atoms with Crippen molar-refractivity contribution in [3.05, 3.63) is 72.9 Å². The zero-order valence-electron chi connectivity index (χ0n) is 43.4. The molecule has 0 N–H and O–H groups in total. The highest BCUT2D eigenvalue weighted by Crippen LogP contribution is 2.16. The van der Waals surface area contributed by atoms with E-state index in [2.05, 4.69) is 87.6 Å². The lowest BCUT2D eigenvalue weighted by molar-refractivity contribution is -0.166. The van der Waals surface area contributed by atoms with Crippen LogP contribution in [0.25, 0.3) is 0 Å². The van der Waals surface area contributed by atoms with E-state index in [-0.39, 0.29) is 37.5 Å². The van der Waals surface area contributed by atoms with Crippen molar-refractivity contribution >= 4 is 17.9 Å². The summed E-state index contributed by atoms with van der Waals surface area (Å²) in [5.74, 6) is -0.976. The highest BCUT2D eigenvalue weighted by atomic mass is 16.6. The molecule has 0 aromatic rings. The minimum Gasteiger partial charge on any atom is -0.462 e. The molecular weight excluding hydrogens is 817 g/mol. The molecule has 6 heteroatoms. The van der Waals surface area contributed by atoms with Crippen LogP contribution in [0.15, 0.2) is 72.9 Å². The Labute approximate surface area is 408 Å². The normalized spacial score (nSPS) is 12.6. The SMILES string of the molecule is CC/C=C\C/C=C\C/C=C\C/C=C\C/C=C\C/C=C\CCC(=O)OC[C@@H](COC(=O)CCCCCCCCCCCC)OC(=O)CCCCCCCCCCCCCCCCCCCCC. The first-order chi connectivity index (χ1) is 32.5. The predicted octanol–water partition coefficient (Wildman–Crippen LogP) is 18.6. The lowest BCUT2D eigenvalue weighted by Crippen LogP contribution is -2.30. The molecule has 0 aliphatic heterocycles. The van der Waals surface area contributed by atoms with Crippen LogP contribution in [0.2, 0.25) is 0 Å². The van der Waals surface area contributed by atoms with Gasteiger partial charge in [-0.15, -0.1) is 0 Å². The average Bonchev–Trinajstić information content (AvgIpc) is 3.31. The molecule has 0 fully saturated rings. The largest absolute Gasteiger partial charge is 0.462 e. The second-order valence-electron chi connectivity index (χ2n) is 18.5. The van der Waals surface area contributed by atoms with Crippen molar-refractivity contribution in [3.63, 3.8) is 0 Å². The average molecular weight is 921 g/mol. The summed E-state index contributed by atoms with van der Waals surface area (Å²) in [6, 6.07) is 0. The highest BCUT2D eigenvalue weighted by molar-refractivity contribution is 5.71. The lowest BCUT2D eigenvalue weighted by atomic mass is 10.0.